The summed E-state index contributed by atoms with van der Waals surface area (Å²) in [4.78, 5) is 18.6. The molecule has 1 aromatic heterocycles. The fourth-order valence-corrected chi connectivity index (χ4v) is 3.89. The Kier molecular flexibility index (Phi) is 8.25. The van der Waals surface area contributed by atoms with E-state index in [9.17, 15) is 22.4 Å². The molecule has 3 aromatic carbocycles. The molecule has 4 aromatic rings. The van der Waals surface area contributed by atoms with Crippen LogP contribution in [0.1, 0.15) is 38.6 Å². The summed E-state index contributed by atoms with van der Waals surface area (Å²) in [6.45, 7) is 0.760. The van der Waals surface area contributed by atoms with Crippen molar-refractivity contribution in [1.29, 1.82) is 0 Å². The molecule has 0 unspecified atom stereocenters. The van der Waals surface area contributed by atoms with Crippen LogP contribution in [0.3, 0.4) is 0 Å². The smallest absolute Gasteiger partial charge is 0.416 e. The van der Waals surface area contributed by atoms with Gasteiger partial charge >= 0.3 is 6.18 Å². The van der Waals surface area contributed by atoms with Crippen molar-refractivity contribution >= 4 is 17.5 Å². The van der Waals surface area contributed by atoms with Crippen LogP contribution in [0.25, 0.3) is 0 Å². The Labute approximate surface area is 215 Å². The molecule has 1 N–H and O–H groups in total. The van der Waals surface area contributed by atoms with Gasteiger partial charge in [-0.15, -0.1) is 0 Å². The van der Waals surface area contributed by atoms with Crippen LogP contribution in [0.15, 0.2) is 83.5 Å². The van der Waals surface area contributed by atoms with Gasteiger partial charge in [-0.2, -0.15) is 13.2 Å². The number of oxazole rings is 1. The van der Waals surface area contributed by atoms with Gasteiger partial charge in [0.05, 0.1) is 12.1 Å². The van der Waals surface area contributed by atoms with Gasteiger partial charge in [0.1, 0.15) is 12.1 Å². The summed E-state index contributed by atoms with van der Waals surface area (Å²) in [5.74, 6) is -0.636. The summed E-state index contributed by atoms with van der Waals surface area (Å²) >= 11 is 6.31. The number of carbonyl (C=O) groups excluding carboxylic acids is 1. The molecule has 5 nitrogen and oxygen atoms in total. The molecule has 37 heavy (non-hydrogen) atoms. The molecule has 1 heterocycles. The highest BCUT2D eigenvalue weighted by atomic mass is 35.5. The minimum atomic E-state index is -4.46. The van der Waals surface area contributed by atoms with E-state index in [1.165, 1.54) is 24.5 Å². The van der Waals surface area contributed by atoms with E-state index in [0.29, 0.717) is 22.7 Å². The minimum Gasteiger partial charge on any atom is -0.447 e. The van der Waals surface area contributed by atoms with Gasteiger partial charge in [0.2, 0.25) is 5.89 Å². The third-order valence-corrected chi connectivity index (χ3v) is 5.89. The van der Waals surface area contributed by atoms with E-state index in [0.717, 1.165) is 17.7 Å². The zero-order valence-corrected chi connectivity index (χ0v) is 20.2. The van der Waals surface area contributed by atoms with Crippen LogP contribution in [0, 0.1) is 5.82 Å². The van der Waals surface area contributed by atoms with Crippen molar-refractivity contribution in [2.45, 2.75) is 32.4 Å². The summed E-state index contributed by atoms with van der Waals surface area (Å²) < 4.78 is 58.2. The lowest BCUT2D eigenvalue weighted by Crippen LogP contribution is -2.24. The summed E-state index contributed by atoms with van der Waals surface area (Å²) in [6.07, 6.45) is -3.24. The van der Waals surface area contributed by atoms with E-state index in [1.807, 2.05) is 17.0 Å². The summed E-state index contributed by atoms with van der Waals surface area (Å²) in [6, 6.07) is 18.0. The third-order valence-electron chi connectivity index (χ3n) is 5.52. The van der Waals surface area contributed by atoms with Gasteiger partial charge in [-0.05, 0) is 41.0 Å². The maximum absolute atomic E-state index is 13.2. The molecule has 0 aliphatic heterocycles. The summed E-state index contributed by atoms with van der Waals surface area (Å²) in [5.41, 5.74) is 1.25. The topological polar surface area (TPSA) is 58.4 Å². The van der Waals surface area contributed by atoms with Crippen molar-refractivity contribution in [2.75, 3.05) is 0 Å². The number of carbonyl (C=O) groups is 1. The summed E-state index contributed by atoms with van der Waals surface area (Å²) in [5, 5.41) is 3.21. The van der Waals surface area contributed by atoms with Crippen LogP contribution in [0.5, 0.6) is 0 Å². The standard InChI is InChI=1S/C27H22ClF4N3O2/c28-23-7-2-1-5-20(23)15-35(14-19-4-3-6-21(12-19)27(30,31)32)16-25-34-24(17-37-25)26(36)33-13-18-8-10-22(29)11-9-18/h1-12,17H,13-16H2,(H,33,36). The average molecular weight is 532 g/mol. The maximum atomic E-state index is 13.2. The Balaban J connectivity index is 1.48. The van der Waals surface area contributed by atoms with Gasteiger partial charge in [0, 0.05) is 24.7 Å². The zero-order valence-electron chi connectivity index (χ0n) is 19.4. The Hall–Kier alpha value is -3.69. The third kappa shape index (κ3) is 7.41. The zero-order chi connectivity index (χ0) is 26.4. The first-order valence-corrected chi connectivity index (χ1v) is 11.6. The number of rotatable bonds is 9. The maximum Gasteiger partial charge on any atom is 0.416 e. The molecule has 0 saturated carbocycles. The number of aromatic nitrogens is 1. The predicted molar refractivity (Wildman–Crippen MR) is 130 cm³/mol. The minimum absolute atomic E-state index is 0.0499. The predicted octanol–water partition coefficient (Wildman–Crippen LogP) is 6.62. The molecule has 0 aliphatic rings. The number of hydrogen-bond donors (Lipinski definition) is 1. The SMILES string of the molecule is O=C(NCc1ccc(F)cc1)c1coc(CN(Cc2cccc(C(F)(F)F)c2)Cc2ccccc2Cl)n1. The molecule has 1 amide bonds. The van der Waals surface area contributed by atoms with Crippen LogP contribution in [-0.2, 0) is 32.4 Å². The number of halogens is 5. The van der Waals surface area contributed by atoms with Crippen LogP contribution in [-0.4, -0.2) is 15.8 Å². The second-order valence-electron chi connectivity index (χ2n) is 8.37. The van der Waals surface area contributed by atoms with Gasteiger partial charge in [-0.1, -0.05) is 60.1 Å². The Morgan fingerprint density at radius 1 is 0.946 bits per heavy atom. The largest absolute Gasteiger partial charge is 0.447 e. The lowest BCUT2D eigenvalue weighted by molar-refractivity contribution is -0.137. The van der Waals surface area contributed by atoms with E-state index in [2.05, 4.69) is 10.3 Å². The Bertz CT molecular complexity index is 1360. The van der Waals surface area contributed by atoms with Gasteiger partial charge in [-0.25, -0.2) is 9.37 Å². The van der Waals surface area contributed by atoms with Gasteiger partial charge in [0.25, 0.3) is 5.91 Å². The molecule has 0 radical (unpaired) electrons. The van der Waals surface area contributed by atoms with Crippen LogP contribution in [0.4, 0.5) is 17.6 Å². The first-order chi connectivity index (χ1) is 17.7. The number of nitrogens with one attached hydrogen (secondary N) is 1. The van der Waals surface area contributed by atoms with Crippen LogP contribution >= 0.6 is 11.6 Å². The molecular formula is C27H22ClF4N3O2. The first-order valence-electron chi connectivity index (χ1n) is 11.3. The van der Waals surface area contributed by atoms with Crippen molar-refractivity contribution in [1.82, 2.24) is 15.2 Å². The van der Waals surface area contributed by atoms with E-state index in [-0.39, 0.29) is 37.0 Å². The quantitative estimate of drug-likeness (QED) is 0.247. The summed E-state index contributed by atoms with van der Waals surface area (Å²) in [7, 11) is 0. The van der Waals surface area contributed by atoms with E-state index in [1.54, 1.807) is 30.3 Å². The highest BCUT2D eigenvalue weighted by Crippen LogP contribution is 2.30. The molecule has 4 rings (SSSR count). The molecule has 0 atom stereocenters. The van der Waals surface area contributed by atoms with E-state index >= 15 is 0 Å². The fourth-order valence-electron chi connectivity index (χ4n) is 3.69. The Morgan fingerprint density at radius 3 is 2.43 bits per heavy atom. The van der Waals surface area contributed by atoms with Gasteiger partial charge < -0.3 is 9.73 Å². The van der Waals surface area contributed by atoms with Crippen molar-refractivity contribution in [3.8, 4) is 0 Å². The van der Waals surface area contributed by atoms with E-state index in [4.69, 9.17) is 16.0 Å². The molecule has 0 spiro atoms. The highest BCUT2D eigenvalue weighted by molar-refractivity contribution is 6.31. The molecule has 192 valence electrons. The molecule has 0 fully saturated rings. The molecule has 0 saturated heterocycles. The van der Waals surface area contributed by atoms with Crippen molar-refractivity contribution in [3.05, 3.63) is 124 Å². The second-order valence-corrected chi connectivity index (χ2v) is 8.78. The number of nitrogens with zero attached hydrogens (tertiary/aromatic N) is 2. The first kappa shape index (κ1) is 26.4. The van der Waals surface area contributed by atoms with Crippen LogP contribution in [0.2, 0.25) is 5.02 Å². The second kappa shape index (κ2) is 11.6. The van der Waals surface area contributed by atoms with Crippen molar-refractivity contribution < 1.29 is 26.8 Å². The average Bonchev–Trinajstić information content (AvgIpc) is 3.33. The van der Waals surface area contributed by atoms with Crippen molar-refractivity contribution in [2.24, 2.45) is 0 Å². The van der Waals surface area contributed by atoms with Gasteiger partial charge in [-0.3, -0.25) is 9.69 Å². The lowest BCUT2D eigenvalue weighted by atomic mass is 10.1. The molecule has 10 heteroatoms. The van der Waals surface area contributed by atoms with E-state index < -0.39 is 17.6 Å². The number of amides is 1. The lowest BCUT2D eigenvalue weighted by Gasteiger charge is -2.22. The van der Waals surface area contributed by atoms with Gasteiger partial charge in [0.15, 0.2) is 5.69 Å². The highest BCUT2D eigenvalue weighted by Gasteiger charge is 2.30. The number of alkyl halides is 3. The molecular weight excluding hydrogens is 510 g/mol. The normalized spacial score (nSPS) is 11.6. The molecule has 0 aliphatic carbocycles. The number of hydrogen-bond acceptors (Lipinski definition) is 4. The number of benzene rings is 3. The van der Waals surface area contributed by atoms with Crippen LogP contribution < -0.4 is 5.32 Å². The fraction of sp³-hybridized carbons (Fsp3) is 0.185. The Morgan fingerprint density at radius 2 is 1.70 bits per heavy atom. The monoisotopic (exact) mass is 531 g/mol. The molecule has 0 bridgehead atoms. The van der Waals surface area contributed by atoms with Crippen molar-refractivity contribution in [3.63, 3.8) is 0 Å².